The number of aromatic nitrogens is 4. The Labute approximate surface area is 201 Å². The van der Waals surface area contributed by atoms with E-state index in [1.54, 1.807) is 20.4 Å². The van der Waals surface area contributed by atoms with Crippen LogP contribution in [0, 0.1) is 5.82 Å². The number of imidazole rings is 1. The van der Waals surface area contributed by atoms with Crippen molar-refractivity contribution >= 4 is 27.6 Å². The van der Waals surface area contributed by atoms with Gasteiger partial charge in [0.2, 0.25) is 0 Å². The summed E-state index contributed by atoms with van der Waals surface area (Å²) in [7, 11) is 4.68. The highest BCUT2D eigenvalue weighted by atomic mass is 19.1. The van der Waals surface area contributed by atoms with Gasteiger partial charge in [-0.3, -0.25) is 24.1 Å². The zero-order valence-electron chi connectivity index (χ0n) is 20.5. The molecule has 0 amide bonds. The third kappa shape index (κ3) is 3.27. The molecule has 5 rings (SSSR count). The Bertz CT molecular complexity index is 1560. The van der Waals surface area contributed by atoms with E-state index < -0.39 is 11.5 Å². The van der Waals surface area contributed by atoms with Crippen LogP contribution in [0.5, 0.6) is 11.5 Å². The first-order valence-corrected chi connectivity index (χ1v) is 11.4. The van der Waals surface area contributed by atoms with E-state index in [1.807, 2.05) is 19.1 Å². The van der Waals surface area contributed by atoms with E-state index in [1.165, 1.54) is 22.4 Å². The Morgan fingerprint density at radius 3 is 2.51 bits per heavy atom. The van der Waals surface area contributed by atoms with Crippen molar-refractivity contribution < 1.29 is 13.9 Å². The molecular weight excluding hydrogens is 451 g/mol. The fourth-order valence-electron chi connectivity index (χ4n) is 5.17. The molecule has 0 saturated heterocycles. The molecule has 1 aliphatic rings. The van der Waals surface area contributed by atoms with E-state index in [0.717, 1.165) is 24.0 Å². The standard InChI is InChI=1S/C25H27FN6O3/c1-7-31-14(3)22(13(2)29-31)16-8-15-18(9-20(16)34-5)28-11-19-23(15)32(25(33)30(19)4)24-17(26)10-27-12-21(24)35-6/h8-12,14,22H,7H2,1-6H3. The number of fused-ring (bicyclic) bond motifs is 3. The van der Waals surface area contributed by atoms with Crippen molar-refractivity contribution in [2.45, 2.75) is 32.7 Å². The molecule has 9 nitrogen and oxygen atoms in total. The first-order chi connectivity index (χ1) is 16.8. The highest BCUT2D eigenvalue weighted by Gasteiger charge is 2.35. The lowest BCUT2D eigenvalue weighted by molar-refractivity contribution is 0.245. The number of hydrogen-bond donors (Lipinski definition) is 0. The van der Waals surface area contributed by atoms with Gasteiger partial charge in [-0.2, -0.15) is 5.10 Å². The minimum absolute atomic E-state index is 0.00658. The van der Waals surface area contributed by atoms with Gasteiger partial charge in [-0.15, -0.1) is 0 Å². The zero-order chi connectivity index (χ0) is 25.0. The van der Waals surface area contributed by atoms with E-state index in [4.69, 9.17) is 14.6 Å². The predicted octanol–water partition coefficient (Wildman–Crippen LogP) is 3.61. The Morgan fingerprint density at radius 1 is 1.11 bits per heavy atom. The van der Waals surface area contributed by atoms with Crippen LogP contribution in [0.3, 0.4) is 0 Å². The molecule has 0 radical (unpaired) electrons. The van der Waals surface area contributed by atoms with Crippen LogP contribution < -0.4 is 15.2 Å². The summed E-state index contributed by atoms with van der Waals surface area (Å²) in [5.41, 5.74) is 3.22. The molecule has 0 bridgehead atoms. The number of pyridine rings is 2. The average molecular weight is 479 g/mol. The maximum absolute atomic E-state index is 15.1. The van der Waals surface area contributed by atoms with Gasteiger partial charge in [-0.1, -0.05) is 0 Å². The quantitative estimate of drug-likeness (QED) is 0.436. The second kappa shape index (κ2) is 8.37. The van der Waals surface area contributed by atoms with Gasteiger partial charge in [0, 0.05) is 42.2 Å². The second-order valence-electron chi connectivity index (χ2n) is 8.67. The summed E-state index contributed by atoms with van der Waals surface area (Å²) in [6, 6.07) is 3.97. The first-order valence-electron chi connectivity index (χ1n) is 11.4. The lowest BCUT2D eigenvalue weighted by Gasteiger charge is -2.25. The summed E-state index contributed by atoms with van der Waals surface area (Å²) < 4.78 is 29.0. The number of benzene rings is 1. The summed E-state index contributed by atoms with van der Waals surface area (Å²) in [6.45, 7) is 7.00. The van der Waals surface area contributed by atoms with Crippen LogP contribution in [-0.2, 0) is 7.05 Å². The molecule has 0 N–H and O–H groups in total. The summed E-state index contributed by atoms with van der Waals surface area (Å²) >= 11 is 0. The first kappa shape index (κ1) is 22.8. The fourth-order valence-corrected chi connectivity index (χ4v) is 5.17. The molecule has 0 saturated carbocycles. The van der Waals surface area contributed by atoms with Gasteiger partial charge < -0.3 is 9.47 Å². The number of halogens is 1. The Balaban J connectivity index is 1.89. The van der Waals surface area contributed by atoms with Crippen LogP contribution >= 0.6 is 0 Å². The third-order valence-electron chi connectivity index (χ3n) is 6.87. The minimum Gasteiger partial charge on any atom is -0.496 e. The summed E-state index contributed by atoms with van der Waals surface area (Å²) in [5, 5.41) is 7.48. The van der Waals surface area contributed by atoms with Crippen molar-refractivity contribution in [3.63, 3.8) is 0 Å². The van der Waals surface area contributed by atoms with Crippen LogP contribution in [0.15, 0.2) is 40.6 Å². The number of hydrogen-bond acceptors (Lipinski definition) is 7. The minimum atomic E-state index is -0.663. The molecule has 10 heteroatoms. The van der Waals surface area contributed by atoms with Crippen LogP contribution in [0.1, 0.15) is 32.3 Å². The SMILES string of the molecule is CCN1N=C(C)C(c2cc3c(cc2OC)ncc2c3n(-c3c(F)cncc3OC)c(=O)n2C)C1C. The summed E-state index contributed by atoms with van der Waals surface area (Å²) in [6.07, 6.45) is 4.07. The van der Waals surface area contributed by atoms with Crippen molar-refractivity contribution in [2.75, 3.05) is 20.8 Å². The summed E-state index contributed by atoms with van der Waals surface area (Å²) in [4.78, 5) is 21.9. The molecule has 0 fully saturated rings. The maximum Gasteiger partial charge on any atom is 0.333 e. The van der Waals surface area contributed by atoms with Crippen LogP contribution in [0.25, 0.3) is 27.6 Å². The van der Waals surface area contributed by atoms with Crippen molar-refractivity contribution in [1.82, 2.24) is 24.1 Å². The molecule has 182 valence electrons. The lowest BCUT2D eigenvalue weighted by Crippen LogP contribution is -2.29. The Hall–Kier alpha value is -3.95. The van der Waals surface area contributed by atoms with Crippen LogP contribution in [0.4, 0.5) is 4.39 Å². The molecule has 2 unspecified atom stereocenters. The molecule has 1 aliphatic heterocycles. The van der Waals surface area contributed by atoms with E-state index in [0.29, 0.717) is 27.7 Å². The van der Waals surface area contributed by atoms with Crippen LogP contribution in [-0.4, -0.2) is 56.6 Å². The van der Waals surface area contributed by atoms with Gasteiger partial charge in [0.15, 0.2) is 11.6 Å². The van der Waals surface area contributed by atoms with Gasteiger partial charge in [-0.05, 0) is 26.8 Å². The fraction of sp³-hybridized carbons (Fsp3) is 0.360. The van der Waals surface area contributed by atoms with Crippen LogP contribution in [0.2, 0.25) is 0 Å². The van der Waals surface area contributed by atoms with E-state index in [2.05, 4.69) is 28.8 Å². The Morgan fingerprint density at radius 2 is 1.86 bits per heavy atom. The highest BCUT2D eigenvalue weighted by molar-refractivity contribution is 6.05. The summed E-state index contributed by atoms with van der Waals surface area (Å²) in [5.74, 6) is 0.166. The van der Waals surface area contributed by atoms with Crippen molar-refractivity contribution in [3.05, 3.63) is 52.6 Å². The van der Waals surface area contributed by atoms with Gasteiger partial charge in [0.25, 0.3) is 0 Å². The van der Waals surface area contributed by atoms with Crippen molar-refractivity contribution in [2.24, 2.45) is 12.1 Å². The predicted molar refractivity (Wildman–Crippen MR) is 132 cm³/mol. The average Bonchev–Trinajstić information content (AvgIpc) is 3.29. The van der Waals surface area contributed by atoms with E-state index >= 15 is 4.39 Å². The van der Waals surface area contributed by atoms with Gasteiger partial charge in [-0.25, -0.2) is 9.18 Å². The molecule has 0 spiro atoms. The Kier molecular flexibility index (Phi) is 5.46. The molecule has 0 aliphatic carbocycles. The monoisotopic (exact) mass is 478 g/mol. The van der Waals surface area contributed by atoms with Gasteiger partial charge >= 0.3 is 5.69 Å². The number of hydrazone groups is 1. The smallest absolute Gasteiger partial charge is 0.333 e. The van der Waals surface area contributed by atoms with Crippen molar-refractivity contribution in [1.29, 1.82) is 0 Å². The number of methoxy groups -OCH3 is 2. The highest BCUT2D eigenvalue weighted by Crippen LogP contribution is 2.40. The van der Waals surface area contributed by atoms with E-state index in [-0.39, 0.29) is 23.4 Å². The lowest BCUT2D eigenvalue weighted by atomic mass is 9.87. The molecule has 4 heterocycles. The number of likely N-dealkylation sites (N-methyl/N-ethyl adjacent to an activating group) is 1. The number of aryl methyl sites for hydroxylation is 1. The number of ether oxygens (including phenoxy) is 2. The van der Waals surface area contributed by atoms with Gasteiger partial charge in [0.05, 0.1) is 55.4 Å². The number of nitrogens with zero attached hydrogens (tertiary/aromatic N) is 6. The zero-order valence-corrected chi connectivity index (χ0v) is 20.5. The topological polar surface area (TPSA) is 86.8 Å². The molecule has 35 heavy (non-hydrogen) atoms. The van der Waals surface area contributed by atoms with Crippen molar-refractivity contribution in [3.8, 4) is 17.2 Å². The second-order valence-corrected chi connectivity index (χ2v) is 8.67. The molecule has 2 atom stereocenters. The normalized spacial score (nSPS) is 17.9. The molecule has 1 aromatic carbocycles. The van der Waals surface area contributed by atoms with E-state index in [9.17, 15) is 4.79 Å². The molecule has 3 aromatic heterocycles. The maximum atomic E-state index is 15.1. The number of rotatable bonds is 5. The van der Waals surface area contributed by atoms with Gasteiger partial charge in [0.1, 0.15) is 11.4 Å². The largest absolute Gasteiger partial charge is 0.496 e. The third-order valence-corrected chi connectivity index (χ3v) is 6.87. The molecular formula is C25H27FN6O3. The molecule has 4 aromatic rings.